The van der Waals surface area contributed by atoms with Crippen LogP contribution in [0.2, 0.25) is 0 Å². The molecule has 0 fully saturated rings. The number of ether oxygens (including phenoxy) is 1. The standard InChI is InChI=1S/C14H21NO4S/c1-4-10-9-11(14(18)19-6-3)13(20-10)15(5-2)8-7-12(16)17/h9H,4-8H2,1-3H3,(H,16,17). The number of thiophene rings is 1. The smallest absolute Gasteiger partial charge is 0.341 e. The number of hydrogen-bond acceptors (Lipinski definition) is 5. The fraction of sp³-hybridized carbons (Fsp3) is 0.571. The maximum atomic E-state index is 12.0. The van der Waals surface area contributed by atoms with E-state index in [1.807, 2.05) is 24.8 Å². The Labute approximate surface area is 123 Å². The first-order valence-corrected chi connectivity index (χ1v) is 7.61. The maximum absolute atomic E-state index is 12.0. The molecule has 0 bridgehead atoms. The molecule has 1 rings (SSSR count). The number of aliphatic carboxylic acids is 1. The van der Waals surface area contributed by atoms with Crippen molar-refractivity contribution in [2.24, 2.45) is 0 Å². The van der Waals surface area contributed by atoms with Gasteiger partial charge >= 0.3 is 11.9 Å². The van der Waals surface area contributed by atoms with Gasteiger partial charge in [-0.25, -0.2) is 4.79 Å². The van der Waals surface area contributed by atoms with Gasteiger partial charge in [0.25, 0.3) is 0 Å². The molecule has 6 heteroatoms. The number of esters is 1. The molecule has 1 N–H and O–H groups in total. The third-order valence-corrected chi connectivity index (χ3v) is 4.21. The first-order chi connectivity index (χ1) is 9.53. The lowest BCUT2D eigenvalue weighted by molar-refractivity contribution is -0.136. The van der Waals surface area contributed by atoms with Gasteiger partial charge in [-0.2, -0.15) is 0 Å². The summed E-state index contributed by atoms with van der Waals surface area (Å²) in [5.41, 5.74) is 0.543. The van der Waals surface area contributed by atoms with Crippen LogP contribution in [0.1, 0.15) is 42.4 Å². The summed E-state index contributed by atoms with van der Waals surface area (Å²) < 4.78 is 5.07. The van der Waals surface area contributed by atoms with E-state index in [0.717, 1.165) is 16.3 Å². The lowest BCUT2D eigenvalue weighted by Gasteiger charge is -2.21. The highest BCUT2D eigenvalue weighted by atomic mass is 32.1. The highest BCUT2D eigenvalue weighted by Crippen LogP contribution is 2.32. The number of carbonyl (C=O) groups excluding carboxylic acids is 1. The Hall–Kier alpha value is -1.56. The van der Waals surface area contributed by atoms with Gasteiger partial charge in [-0.3, -0.25) is 4.79 Å². The summed E-state index contributed by atoms with van der Waals surface area (Å²) in [6.07, 6.45) is 0.892. The summed E-state index contributed by atoms with van der Waals surface area (Å²) in [4.78, 5) is 25.7. The fourth-order valence-corrected chi connectivity index (χ4v) is 3.00. The Balaban J connectivity index is 3.02. The minimum absolute atomic E-state index is 0.0511. The molecule has 0 amide bonds. The predicted molar refractivity (Wildman–Crippen MR) is 79.8 cm³/mol. The quantitative estimate of drug-likeness (QED) is 0.748. The van der Waals surface area contributed by atoms with Gasteiger partial charge in [-0.15, -0.1) is 11.3 Å². The molecule has 0 aliphatic heterocycles. The zero-order valence-electron chi connectivity index (χ0n) is 12.1. The van der Waals surface area contributed by atoms with Crippen LogP contribution in [0.25, 0.3) is 0 Å². The van der Waals surface area contributed by atoms with E-state index in [4.69, 9.17) is 9.84 Å². The van der Waals surface area contributed by atoms with E-state index in [1.165, 1.54) is 11.3 Å². The van der Waals surface area contributed by atoms with Crippen LogP contribution in [-0.2, 0) is 16.0 Å². The van der Waals surface area contributed by atoms with Crippen LogP contribution in [0.4, 0.5) is 5.00 Å². The number of hydrogen-bond donors (Lipinski definition) is 1. The van der Waals surface area contributed by atoms with E-state index >= 15 is 0 Å². The van der Waals surface area contributed by atoms with Crippen molar-refractivity contribution in [3.63, 3.8) is 0 Å². The molecular formula is C14H21NO4S. The predicted octanol–water partition coefficient (Wildman–Crippen LogP) is 2.79. The van der Waals surface area contributed by atoms with Gasteiger partial charge in [0.1, 0.15) is 5.00 Å². The molecule has 0 radical (unpaired) electrons. The first-order valence-electron chi connectivity index (χ1n) is 6.79. The highest BCUT2D eigenvalue weighted by Gasteiger charge is 2.21. The molecule has 0 unspecified atom stereocenters. The van der Waals surface area contributed by atoms with Crippen molar-refractivity contribution >= 4 is 28.3 Å². The third kappa shape index (κ3) is 4.23. The van der Waals surface area contributed by atoms with Crippen LogP contribution in [0, 0.1) is 0 Å². The number of rotatable bonds is 8. The van der Waals surface area contributed by atoms with Crippen molar-refractivity contribution in [3.05, 3.63) is 16.5 Å². The third-order valence-electron chi connectivity index (χ3n) is 2.87. The molecule has 0 saturated carbocycles. The Kier molecular flexibility index (Phi) is 6.51. The fourth-order valence-electron chi connectivity index (χ4n) is 1.83. The van der Waals surface area contributed by atoms with Crippen molar-refractivity contribution in [2.75, 3.05) is 24.6 Å². The maximum Gasteiger partial charge on any atom is 0.341 e. The molecule has 20 heavy (non-hydrogen) atoms. The number of carbonyl (C=O) groups is 2. The molecule has 112 valence electrons. The van der Waals surface area contributed by atoms with Crippen LogP contribution in [0.15, 0.2) is 6.07 Å². The van der Waals surface area contributed by atoms with E-state index in [2.05, 4.69) is 0 Å². The number of anilines is 1. The molecule has 0 aromatic carbocycles. The first kappa shape index (κ1) is 16.5. The van der Waals surface area contributed by atoms with Crippen molar-refractivity contribution in [1.29, 1.82) is 0 Å². The average molecular weight is 299 g/mol. The van der Waals surface area contributed by atoms with Crippen LogP contribution >= 0.6 is 11.3 Å². The van der Waals surface area contributed by atoms with Crippen LogP contribution in [-0.4, -0.2) is 36.7 Å². The van der Waals surface area contributed by atoms with Crippen molar-refractivity contribution in [2.45, 2.75) is 33.6 Å². The highest BCUT2D eigenvalue weighted by molar-refractivity contribution is 7.16. The zero-order valence-corrected chi connectivity index (χ0v) is 13.0. The van der Waals surface area contributed by atoms with E-state index in [9.17, 15) is 9.59 Å². The number of carboxylic acids is 1. The molecule has 0 saturated heterocycles. The minimum atomic E-state index is -0.839. The van der Waals surface area contributed by atoms with Crippen LogP contribution in [0.3, 0.4) is 0 Å². The summed E-state index contributed by atoms with van der Waals surface area (Å²) in [6.45, 7) is 7.12. The van der Waals surface area contributed by atoms with E-state index in [-0.39, 0.29) is 12.4 Å². The Morgan fingerprint density at radius 2 is 2.05 bits per heavy atom. The molecule has 0 aliphatic rings. The van der Waals surface area contributed by atoms with Crippen molar-refractivity contribution in [3.8, 4) is 0 Å². The molecule has 0 atom stereocenters. The lowest BCUT2D eigenvalue weighted by Crippen LogP contribution is -2.26. The van der Waals surface area contributed by atoms with Gasteiger partial charge in [0.2, 0.25) is 0 Å². The molecule has 5 nitrogen and oxygen atoms in total. The second-order valence-corrected chi connectivity index (χ2v) is 5.34. The Bertz CT molecular complexity index is 470. The Morgan fingerprint density at radius 1 is 1.35 bits per heavy atom. The van der Waals surface area contributed by atoms with E-state index < -0.39 is 5.97 Å². The van der Waals surface area contributed by atoms with Gasteiger partial charge in [-0.1, -0.05) is 6.92 Å². The SMILES string of the molecule is CCOC(=O)c1cc(CC)sc1N(CC)CCC(=O)O. The van der Waals surface area contributed by atoms with Gasteiger partial charge < -0.3 is 14.7 Å². The summed E-state index contributed by atoms with van der Waals surface area (Å²) in [7, 11) is 0. The van der Waals surface area contributed by atoms with E-state index in [0.29, 0.717) is 25.3 Å². The van der Waals surface area contributed by atoms with Gasteiger partial charge in [0.15, 0.2) is 0 Å². The van der Waals surface area contributed by atoms with E-state index in [1.54, 1.807) is 6.92 Å². The molecule has 1 aromatic heterocycles. The summed E-state index contributed by atoms with van der Waals surface area (Å²) >= 11 is 1.53. The molecule has 1 heterocycles. The second kappa shape index (κ2) is 7.89. The topological polar surface area (TPSA) is 66.8 Å². The van der Waals surface area contributed by atoms with Crippen molar-refractivity contribution in [1.82, 2.24) is 0 Å². The largest absolute Gasteiger partial charge is 0.481 e. The lowest BCUT2D eigenvalue weighted by atomic mass is 10.2. The molecule has 1 aromatic rings. The normalized spacial score (nSPS) is 10.3. The molecule has 0 aliphatic carbocycles. The summed E-state index contributed by atoms with van der Waals surface area (Å²) in [5.74, 6) is -1.18. The van der Waals surface area contributed by atoms with Crippen LogP contribution < -0.4 is 4.90 Å². The number of aryl methyl sites for hydroxylation is 1. The minimum Gasteiger partial charge on any atom is -0.481 e. The van der Waals surface area contributed by atoms with Gasteiger partial charge in [-0.05, 0) is 26.3 Å². The second-order valence-electron chi connectivity index (χ2n) is 4.23. The summed E-state index contributed by atoms with van der Waals surface area (Å²) in [5, 5.41) is 9.61. The zero-order chi connectivity index (χ0) is 15.1. The summed E-state index contributed by atoms with van der Waals surface area (Å²) in [6, 6.07) is 1.85. The number of carboxylic acid groups (broad SMARTS) is 1. The van der Waals surface area contributed by atoms with Gasteiger partial charge in [0, 0.05) is 18.0 Å². The Morgan fingerprint density at radius 3 is 2.55 bits per heavy atom. The molecular weight excluding hydrogens is 278 g/mol. The molecule has 0 spiro atoms. The van der Waals surface area contributed by atoms with Crippen LogP contribution in [0.5, 0.6) is 0 Å². The number of nitrogens with zero attached hydrogens (tertiary/aromatic N) is 1. The average Bonchev–Trinajstić information content (AvgIpc) is 2.84. The van der Waals surface area contributed by atoms with Crippen molar-refractivity contribution < 1.29 is 19.4 Å². The van der Waals surface area contributed by atoms with Gasteiger partial charge in [0.05, 0.1) is 18.6 Å². The monoisotopic (exact) mass is 299 g/mol.